The summed E-state index contributed by atoms with van der Waals surface area (Å²) in [5, 5.41) is 0. The lowest BCUT2D eigenvalue weighted by atomic mass is 9.91. The fourth-order valence-corrected chi connectivity index (χ4v) is 3.49. The Morgan fingerprint density at radius 3 is 2.43 bits per heavy atom. The first-order valence-corrected chi connectivity index (χ1v) is 8.15. The zero-order valence-electron chi connectivity index (χ0n) is 14.6. The average molecular weight is 317 g/mol. The third-order valence-electron chi connectivity index (χ3n) is 4.32. The number of carbonyl (C=O) groups is 1. The van der Waals surface area contributed by atoms with Gasteiger partial charge in [0.1, 0.15) is 0 Å². The standard InChI is InChI=1S/C19H27NO3/c1-6-7-15-9-16(10-17(22-4)18(15)23-5)19(21)20-11-13(2)8-14(3)12-20/h6,9-10,13-14H,1,7-8,11-12H2,2-5H3. The lowest BCUT2D eigenvalue weighted by molar-refractivity contribution is 0.0622. The van der Waals surface area contributed by atoms with Gasteiger partial charge in [-0.1, -0.05) is 19.9 Å². The van der Waals surface area contributed by atoms with Crippen molar-refractivity contribution in [1.82, 2.24) is 4.90 Å². The average Bonchev–Trinajstić information content (AvgIpc) is 2.52. The van der Waals surface area contributed by atoms with Gasteiger partial charge in [0.2, 0.25) is 0 Å². The fraction of sp³-hybridized carbons (Fsp3) is 0.526. The maximum Gasteiger partial charge on any atom is 0.254 e. The van der Waals surface area contributed by atoms with Gasteiger partial charge in [-0.2, -0.15) is 0 Å². The fourth-order valence-electron chi connectivity index (χ4n) is 3.49. The topological polar surface area (TPSA) is 38.8 Å². The summed E-state index contributed by atoms with van der Waals surface area (Å²) in [5.41, 5.74) is 1.57. The van der Waals surface area contributed by atoms with Crippen LogP contribution in [0.15, 0.2) is 24.8 Å². The first-order chi connectivity index (χ1) is 11.0. The van der Waals surface area contributed by atoms with E-state index < -0.39 is 0 Å². The molecule has 0 radical (unpaired) electrons. The van der Waals surface area contributed by atoms with Crippen LogP contribution in [0, 0.1) is 11.8 Å². The number of rotatable bonds is 5. The van der Waals surface area contributed by atoms with Crippen LogP contribution < -0.4 is 9.47 Å². The van der Waals surface area contributed by atoms with Gasteiger partial charge in [0.25, 0.3) is 5.91 Å². The number of nitrogens with zero attached hydrogens (tertiary/aromatic N) is 1. The van der Waals surface area contributed by atoms with Crippen molar-refractivity contribution in [3.8, 4) is 11.5 Å². The first kappa shape index (κ1) is 17.4. The predicted molar refractivity (Wildman–Crippen MR) is 92.3 cm³/mol. The Balaban J connectivity index is 2.36. The number of hydrogen-bond acceptors (Lipinski definition) is 3. The van der Waals surface area contributed by atoms with Crippen LogP contribution in [-0.2, 0) is 6.42 Å². The Hall–Kier alpha value is -1.97. The zero-order valence-corrected chi connectivity index (χ0v) is 14.6. The minimum Gasteiger partial charge on any atom is -0.493 e. The minimum atomic E-state index is 0.0645. The van der Waals surface area contributed by atoms with E-state index in [2.05, 4.69) is 20.4 Å². The van der Waals surface area contributed by atoms with Gasteiger partial charge < -0.3 is 14.4 Å². The van der Waals surface area contributed by atoms with E-state index in [9.17, 15) is 4.79 Å². The molecule has 1 fully saturated rings. The zero-order chi connectivity index (χ0) is 17.0. The highest BCUT2D eigenvalue weighted by atomic mass is 16.5. The van der Waals surface area contributed by atoms with Crippen molar-refractivity contribution in [2.75, 3.05) is 27.3 Å². The molecule has 4 nitrogen and oxygen atoms in total. The van der Waals surface area contributed by atoms with Gasteiger partial charge in [-0.25, -0.2) is 0 Å². The molecule has 2 rings (SSSR count). The number of benzene rings is 1. The summed E-state index contributed by atoms with van der Waals surface area (Å²) in [5.74, 6) is 2.40. The number of carbonyl (C=O) groups excluding carboxylic acids is 1. The third kappa shape index (κ3) is 3.87. The molecule has 0 saturated carbocycles. The predicted octanol–water partition coefficient (Wildman–Crippen LogP) is 3.55. The van der Waals surface area contributed by atoms with E-state index >= 15 is 0 Å². The molecule has 1 aliphatic rings. The number of piperidine rings is 1. The molecule has 126 valence electrons. The Kier molecular flexibility index (Phi) is 5.69. The second-order valence-electron chi connectivity index (χ2n) is 6.52. The molecular formula is C19H27NO3. The number of ether oxygens (including phenoxy) is 2. The molecule has 4 heteroatoms. The van der Waals surface area contributed by atoms with Crippen molar-refractivity contribution < 1.29 is 14.3 Å². The number of amides is 1. The van der Waals surface area contributed by atoms with Crippen molar-refractivity contribution in [3.05, 3.63) is 35.9 Å². The minimum absolute atomic E-state index is 0.0645. The van der Waals surface area contributed by atoms with Crippen molar-refractivity contribution in [2.24, 2.45) is 11.8 Å². The molecule has 1 aromatic carbocycles. The highest BCUT2D eigenvalue weighted by Gasteiger charge is 2.27. The van der Waals surface area contributed by atoms with E-state index in [1.165, 1.54) is 6.42 Å². The van der Waals surface area contributed by atoms with E-state index in [1.807, 2.05) is 11.0 Å². The summed E-state index contributed by atoms with van der Waals surface area (Å²) in [4.78, 5) is 14.9. The van der Waals surface area contributed by atoms with Crippen LogP contribution in [0.25, 0.3) is 0 Å². The quantitative estimate of drug-likeness (QED) is 0.780. The van der Waals surface area contributed by atoms with Gasteiger partial charge in [0.05, 0.1) is 14.2 Å². The van der Waals surface area contributed by atoms with E-state index in [0.29, 0.717) is 35.3 Å². The third-order valence-corrected chi connectivity index (χ3v) is 4.32. The van der Waals surface area contributed by atoms with E-state index in [0.717, 1.165) is 18.7 Å². The maximum absolute atomic E-state index is 12.9. The van der Waals surface area contributed by atoms with Crippen LogP contribution in [-0.4, -0.2) is 38.1 Å². The van der Waals surface area contributed by atoms with Gasteiger partial charge in [-0.05, 0) is 36.8 Å². The maximum atomic E-state index is 12.9. The van der Waals surface area contributed by atoms with Crippen LogP contribution in [0.3, 0.4) is 0 Å². The first-order valence-electron chi connectivity index (χ1n) is 8.15. The number of methoxy groups -OCH3 is 2. The number of hydrogen-bond donors (Lipinski definition) is 0. The van der Waals surface area contributed by atoms with Gasteiger partial charge in [0, 0.05) is 24.2 Å². The van der Waals surface area contributed by atoms with Crippen LogP contribution in [0.2, 0.25) is 0 Å². The van der Waals surface area contributed by atoms with Crippen molar-refractivity contribution in [3.63, 3.8) is 0 Å². The van der Waals surface area contributed by atoms with Crippen molar-refractivity contribution >= 4 is 5.91 Å². The molecular weight excluding hydrogens is 290 g/mol. The summed E-state index contributed by atoms with van der Waals surface area (Å²) in [6.07, 6.45) is 3.61. The summed E-state index contributed by atoms with van der Waals surface area (Å²) < 4.78 is 10.9. The Labute approximate surface area is 139 Å². The van der Waals surface area contributed by atoms with Crippen LogP contribution in [0.5, 0.6) is 11.5 Å². The van der Waals surface area contributed by atoms with Gasteiger partial charge >= 0.3 is 0 Å². The molecule has 2 unspecified atom stereocenters. The van der Waals surface area contributed by atoms with E-state index in [4.69, 9.17) is 9.47 Å². The molecule has 1 aliphatic heterocycles. The summed E-state index contributed by atoms with van der Waals surface area (Å²) in [6.45, 7) is 9.81. The van der Waals surface area contributed by atoms with Crippen LogP contribution in [0.1, 0.15) is 36.2 Å². The largest absolute Gasteiger partial charge is 0.493 e. The molecule has 0 aliphatic carbocycles. The Morgan fingerprint density at radius 2 is 1.91 bits per heavy atom. The molecule has 1 aromatic rings. The Bertz CT molecular complexity index is 572. The molecule has 1 heterocycles. The van der Waals surface area contributed by atoms with Crippen LogP contribution >= 0.6 is 0 Å². The monoisotopic (exact) mass is 317 g/mol. The van der Waals surface area contributed by atoms with Gasteiger partial charge in [-0.3, -0.25) is 4.79 Å². The lowest BCUT2D eigenvalue weighted by Gasteiger charge is -2.35. The smallest absolute Gasteiger partial charge is 0.254 e. The normalized spacial score (nSPS) is 21.0. The van der Waals surface area contributed by atoms with E-state index in [1.54, 1.807) is 26.4 Å². The molecule has 0 aromatic heterocycles. The van der Waals surface area contributed by atoms with Gasteiger partial charge in [-0.15, -0.1) is 6.58 Å². The Morgan fingerprint density at radius 1 is 1.26 bits per heavy atom. The SMILES string of the molecule is C=CCc1cc(C(=O)N2CC(C)CC(C)C2)cc(OC)c1OC. The summed E-state index contributed by atoms with van der Waals surface area (Å²) in [7, 11) is 3.20. The number of likely N-dealkylation sites (tertiary alicyclic amines) is 1. The summed E-state index contributed by atoms with van der Waals surface area (Å²) >= 11 is 0. The number of allylic oxidation sites excluding steroid dienone is 1. The molecule has 23 heavy (non-hydrogen) atoms. The van der Waals surface area contributed by atoms with E-state index in [-0.39, 0.29) is 5.91 Å². The molecule has 1 saturated heterocycles. The van der Waals surface area contributed by atoms with Gasteiger partial charge in [0.15, 0.2) is 11.5 Å². The van der Waals surface area contributed by atoms with Crippen molar-refractivity contribution in [2.45, 2.75) is 26.7 Å². The summed E-state index contributed by atoms with van der Waals surface area (Å²) in [6, 6.07) is 3.67. The highest BCUT2D eigenvalue weighted by molar-refractivity contribution is 5.95. The highest BCUT2D eigenvalue weighted by Crippen LogP contribution is 2.34. The molecule has 0 N–H and O–H groups in total. The van der Waals surface area contributed by atoms with Crippen molar-refractivity contribution in [1.29, 1.82) is 0 Å². The second-order valence-corrected chi connectivity index (χ2v) is 6.52. The molecule has 0 spiro atoms. The molecule has 0 bridgehead atoms. The lowest BCUT2D eigenvalue weighted by Crippen LogP contribution is -2.42. The van der Waals surface area contributed by atoms with Crippen LogP contribution in [0.4, 0.5) is 0 Å². The molecule has 1 amide bonds. The second kappa shape index (κ2) is 7.53. The molecule has 2 atom stereocenters.